The highest BCUT2D eigenvalue weighted by molar-refractivity contribution is 5.51. The van der Waals surface area contributed by atoms with E-state index in [-0.39, 0.29) is 0 Å². The van der Waals surface area contributed by atoms with Crippen molar-refractivity contribution in [3.8, 4) is 0 Å². The summed E-state index contributed by atoms with van der Waals surface area (Å²) in [6.45, 7) is 0.673. The van der Waals surface area contributed by atoms with Gasteiger partial charge in [-0.2, -0.15) is 0 Å². The lowest BCUT2D eigenvalue weighted by Crippen LogP contribution is -2.33. The summed E-state index contributed by atoms with van der Waals surface area (Å²) in [5, 5.41) is 11.3. The molecule has 2 aromatic rings. The van der Waals surface area contributed by atoms with E-state index in [9.17, 15) is 5.11 Å². The van der Waals surface area contributed by atoms with Crippen LogP contribution in [0.25, 0.3) is 0 Å². The molecule has 20 heavy (non-hydrogen) atoms. The Kier molecular flexibility index (Phi) is 3.60. The van der Waals surface area contributed by atoms with E-state index in [1.807, 2.05) is 24.3 Å². The monoisotopic (exact) mass is 268 g/mol. The molecule has 104 valence electrons. The molecule has 0 aromatic heterocycles. The molecule has 0 saturated carbocycles. The number of ether oxygens (including phenoxy) is 1. The summed E-state index contributed by atoms with van der Waals surface area (Å²) in [5.41, 5.74) is 3.67. The Balaban J connectivity index is 2.07. The molecule has 0 amide bonds. The first-order valence-corrected chi connectivity index (χ1v) is 7.14. The topological polar surface area (TPSA) is 29.5 Å². The standard InChI is InChI=1S/C18H20O2/c1-20-12-6-11-18(19)16-9-4-2-7-14(16)13-15-8-3-5-10-17(15)18/h2-5,7-10,19H,6,11-13H2,1H3. The fourth-order valence-corrected chi connectivity index (χ4v) is 3.25. The number of methoxy groups -OCH3 is 1. The van der Waals surface area contributed by atoms with E-state index < -0.39 is 5.60 Å². The summed E-state index contributed by atoms with van der Waals surface area (Å²) < 4.78 is 5.14. The summed E-state index contributed by atoms with van der Waals surface area (Å²) in [5.74, 6) is 0. The molecule has 2 nitrogen and oxygen atoms in total. The van der Waals surface area contributed by atoms with Crippen molar-refractivity contribution in [2.75, 3.05) is 13.7 Å². The molecule has 0 bridgehead atoms. The lowest BCUT2D eigenvalue weighted by Gasteiger charge is -2.36. The van der Waals surface area contributed by atoms with Gasteiger partial charge >= 0.3 is 0 Å². The summed E-state index contributed by atoms with van der Waals surface area (Å²) in [6.07, 6.45) is 2.43. The van der Waals surface area contributed by atoms with Gasteiger partial charge in [0.25, 0.3) is 0 Å². The SMILES string of the molecule is COCCCC1(O)c2ccccc2Cc2ccccc21. The molecular formula is C18H20O2. The van der Waals surface area contributed by atoms with Gasteiger partial charge in [-0.25, -0.2) is 0 Å². The zero-order chi connectivity index (χ0) is 14.0. The fourth-order valence-electron chi connectivity index (χ4n) is 3.25. The van der Waals surface area contributed by atoms with Crippen LogP contribution in [0.4, 0.5) is 0 Å². The summed E-state index contributed by atoms with van der Waals surface area (Å²) in [4.78, 5) is 0. The molecule has 2 aromatic carbocycles. The second-order valence-electron chi connectivity index (χ2n) is 5.45. The average molecular weight is 268 g/mol. The van der Waals surface area contributed by atoms with Gasteiger partial charge < -0.3 is 9.84 Å². The minimum atomic E-state index is -0.885. The van der Waals surface area contributed by atoms with Gasteiger partial charge in [0.05, 0.1) is 0 Å². The van der Waals surface area contributed by atoms with Crippen molar-refractivity contribution in [3.05, 3.63) is 70.8 Å². The molecule has 0 fully saturated rings. The molecule has 0 atom stereocenters. The molecule has 0 saturated heterocycles. The van der Waals surface area contributed by atoms with E-state index in [4.69, 9.17) is 4.74 Å². The van der Waals surface area contributed by atoms with Crippen LogP contribution in [-0.2, 0) is 16.8 Å². The largest absolute Gasteiger partial charge is 0.385 e. The smallest absolute Gasteiger partial charge is 0.115 e. The number of benzene rings is 2. The summed E-state index contributed by atoms with van der Waals surface area (Å²) in [7, 11) is 1.70. The molecule has 0 aliphatic heterocycles. The number of hydrogen-bond donors (Lipinski definition) is 1. The molecule has 0 heterocycles. The van der Waals surface area contributed by atoms with Gasteiger partial charge in [-0.3, -0.25) is 0 Å². The van der Waals surface area contributed by atoms with E-state index >= 15 is 0 Å². The van der Waals surface area contributed by atoms with Gasteiger partial charge in [0.1, 0.15) is 5.60 Å². The van der Waals surface area contributed by atoms with E-state index in [0.717, 1.165) is 24.0 Å². The van der Waals surface area contributed by atoms with Gasteiger partial charge in [-0.05, 0) is 41.5 Å². The van der Waals surface area contributed by atoms with Crippen LogP contribution in [0.2, 0.25) is 0 Å². The van der Waals surface area contributed by atoms with Gasteiger partial charge in [0, 0.05) is 13.7 Å². The molecular weight excluding hydrogens is 248 g/mol. The number of fused-ring (bicyclic) bond motifs is 2. The van der Waals surface area contributed by atoms with Gasteiger partial charge in [0.15, 0.2) is 0 Å². The van der Waals surface area contributed by atoms with Crippen LogP contribution >= 0.6 is 0 Å². The molecule has 1 aliphatic rings. The minimum Gasteiger partial charge on any atom is -0.385 e. The van der Waals surface area contributed by atoms with E-state index in [2.05, 4.69) is 24.3 Å². The first-order valence-electron chi connectivity index (χ1n) is 7.14. The Morgan fingerprint density at radius 1 is 1.00 bits per heavy atom. The Morgan fingerprint density at radius 3 is 2.10 bits per heavy atom. The maximum atomic E-state index is 11.3. The Bertz CT molecular complexity index is 558. The fraction of sp³-hybridized carbons (Fsp3) is 0.333. The van der Waals surface area contributed by atoms with Crippen molar-refractivity contribution in [2.24, 2.45) is 0 Å². The molecule has 3 rings (SSSR count). The average Bonchev–Trinajstić information content (AvgIpc) is 2.48. The highest BCUT2D eigenvalue weighted by Crippen LogP contribution is 2.42. The van der Waals surface area contributed by atoms with Crippen LogP contribution in [0.15, 0.2) is 48.5 Å². The summed E-state index contributed by atoms with van der Waals surface area (Å²) in [6, 6.07) is 16.4. The van der Waals surface area contributed by atoms with Crippen LogP contribution in [-0.4, -0.2) is 18.8 Å². The molecule has 0 unspecified atom stereocenters. The van der Waals surface area contributed by atoms with E-state index in [1.165, 1.54) is 11.1 Å². The predicted octanol–water partition coefficient (Wildman–Crippen LogP) is 3.25. The first-order chi connectivity index (χ1) is 9.75. The maximum Gasteiger partial charge on any atom is 0.115 e. The van der Waals surface area contributed by atoms with Crippen LogP contribution in [0, 0.1) is 0 Å². The van der Waals surface area contributed by atoms with Crippen molar-refractivity contribution >= 4 is 0 Å². The number of rotatable bonds is 4. The van der Waals surface area contributed by atoms with Crippen LogP contribution in [0.1, 0.15) is 35.1 Å². The van der Waals surface area contributed by atoms with Crippen molar-refractivity contribution < 1.29 is 9.84 Å². The summed E-state index contributed by atoms with van der Waals surface area (Å²) >= 11 is 0. The predicted molar refractivity (Wildman–Crippen MR) is 79.8 cm³/mol. The van der Waals surface area contributed by atoms with Crippen LogP contribution < -0.4 is 0 Å². The number of aliphatic hydroxyl groups is 1. The zero-order valence-electron chi connectivity index (χ0n) is 11.8. The maximum absolute atomic E-state index is 11.3. The third kappa shape index (κ3) is 2.15. The normalized spacial score (nSPS) is 15.5. The lowest BCUT2D eigenvalue weighted by atomic mass is 9.73. The Morgan fingerprint density at radius 2 is 1.55 bits per heavy atom. The molecule has 0 spiro atoms. The first kappa shape index (κ1) is 13.3. The highest BCUT2D eigenvalue weighted by atomic mass is 16.5. The lowest BCUT2D eigenvalue weighted by molar-refractivity contribution is 0.0549. The minimum absolute atomic E-state index is 0.673. The van der Waals surface area contributed by atoms with Crippen molar-refractivity contribution in [2.45, 2.75) is 24.9 Å². The molecule has 1 N–H and O–H groups in total. The second kappa shape index (κ2) is 5.39. The Labute approximate surface area is 120 Å². The molecule has 1 aliphatic carbocycles. The quantitative estimate of drug-likeness (QED) is 0.862. The van der Waals surface area contributed by atoms with E-state index in [1.54, 1.807) is 7.11 Å². The van der Waals surface area contributed by atoms with Crippen LogP contribution in [0.3, 0.4) is 0 Å². The van der Waals surface area contributed by atoms with E-state index in [0.29, 0.717) is 13.0 Å². The number of hydrogen-bond acceptors (Lipinski definition) is 2. The van der Waals surface area contributed by atoms with Gasteiger partial charge in [-0.15, -0.1) is 0 Å². The van der Waals surface area contributed by atoms with Crippen molar-refractivity contribution in [1.29, 1.82) is 0 Å². The van der Waals surface area contributed by atoms with Gasteiger partial charge in [-0.1, -0.05) is 48.5 Å². The molecule has 2 heteroatoms. The van der Waals surface area contributed by atoms with Gasteiger partial charge in [0.2, 0.25) is 0 Å². The Hall–Kier alpha value is -1.64. The highest BCUT2D eigenvalue weighted by Gasteiger charge is 2.37. The van der Waals surface area contributed by atoms with Crippen LogP contribution in [0.5, 0.6) is 0 Å². The van der Waals surface area contributed by atoms with Crippen molar-refractivity contribution in [3.63, 3.8) is 0 Å². The molecule has 0 radical (unpaired) electrons. The zero-order valence-corrected chi connectivity index (χ0v) is 11.8. The third-order valence-electron chi connectivity index (χ3n) is 4.19. The van der Waals surface area contributed by atoms with Crippen molar-refractivity contribution in [1.82, 2.24) is 0 Å². The third-order valence-corrected chi connectivity index (χ3v) is 4.19. The second-order valence-corrected chi connectivity index (χ2v) is 5.45.